The Kier molecular flexibility index (Phi) is 12.5. The minimum Gasteiger partial charge on any atom is -0.331 e. The maximum absolute atomic E-state index is 14.2. The summed E-state index contributed by atoms with van der Waals surface area (Å²) in [7, 11) is 3.73. The van der Waals surface area contributed by atoms with E-state index in [2.05, 4.69) is 69.9 Å². The first-order valence-corrected chi connectivity index (χ1v) is 14.5. The number of nitrogens with two attached hydrogens (primary N) is 1. The lowest BCUT2D eigenvalue weighted by Crippen LogP contribution is -2.28. The van der Waals surface area contributed by atoms with E-state index in [9.17, 15) is 22.4 Å². The number of imidazole rings is 1. The van der Waals surface area contributed by atoms with Crippen LogP contribution in [0.3, 0.4) is 0 Å². The van der Waals surface area contributed by atoms with Crippen LogP contribution in [0.25, 0.3) is 22.2 Å². The third-order valence-corrected chi connectivity index (χ3v) is 7.66. The molecule has 236 valence electrons. The van der Waals surface area contributed by atoms with Gasteiger partial charge in [0.05, 0.1) is 22.3 Å². The van der Waals surface area contributed by atoms with E-state index >= 15 is 0 Å². The van der Waals surface area contributed by atoms with E-state index in [1.165, 1.54) is 0 Å². The molecular formula is C32H37F4N5O2S. The third-order valence-electron chi connectivity index (χ3n) is 7.66. The quantitative estimate of drug-likeness (QED) is 0.141. The Morgan fingerprint density at radius 2 is 1.73 bits per heavy atom. The van der Waals surface area contributed by atoms with Gasteiger partial charge in [-0.25, -0.2) is 9.37 Å². The lowest BCUT2D eigenvalue weighted by Gasteiger charge is -2.29. The van der Waals surface area contributed by atoms with Crippen LogP contribution in [0, 0.1) is 11.7 Å². The van der Waals surface area contributed by atoms with Crippen molar-refractivity contribution in [2.24, 2.45) is 18.7 Å². The number of nitrogens with zero attached hydrogens (tertiary/aromatic N) is 2. The van der Waals surface area contributed by atoms with E-state index in [4.69, 9.17) is 15.5 Å². The molecule has 0 radical (unpaired) electrons. The average molecular weight is 632 g/mol. The second-order valence-corrected chi connectivity index (χ2v) is 10.9. The molecule has 44 heavy (non-hydrogen) atoms. The number of nitrogens with one attached hydrogen (secondary N) is 2. The number of carbonyl (C=O) groups excluding carboxylic acids is 2. The highest BCUT2D eigenvalue weighted by molar-refractivity contribution is 7.78. The molecule has 2 atom stereocenters. The van der Waals surface area contributed by atoms with Gasteiger partial charge >= 0.3 is 6.18 Å². The van der Waals surface area contributed by atoms with Gasteiger partial charge in [0.2, 0.25) is 5.91 Å². The minimum atomic E-state index is -4.64. The van der Waals surface area contributed by atoms with Crippen LogP contribution in [-0.4, -0.2) is 35.8 Å². The van der Waals surface area contributed by atoms with E-state index in [1.807, 2.05) is 13.8 Å². The van der Waals surface area contributed by atoms with Gasteiger partial charge in [0.25, 0.3) is 0 Å². The van der Waals surface area contributed by atoms with Gasteiger partial charge in [0.1, 0.15) is 18.4 Å². The van der Waals surface area contributed by atoms with Gasteiger partial charge in [0, 0.05) is 19.4 Å². The summed E-state index contributed by atoms with van der Waals surface area (Å²) in [5.74, 6) is -0.692. The van der Waals surface area contributed by atoms with Crippen LogP contribution in [0.1, 0.15) is 48.6 Å². The van der Waals surface area contributed by atoms with Gasteiger partial charge in [-0.1, -0.05) is 49.6 Å². The maximum Gasteiger partial charge on any atom is 0.416 e. The van der Waals surface area contributed by atoms with E-state index < -0.39 is 17.6 Å². The first kappa shape index (κ1) is 34.7. The molecule has 4 N–H and O–H groups in total. The number of amides is 1. The molecule has 1 saturated carbocycles. The summed E-state index contributed by atoms with van der Waals surface area (Å²) in [5.41, 5.74) is 9.62. The zero-order valence-electron chi connectivity index (χ0n) is 24.6. The van der Waals surface area contributed by atoms with E-state index in [0.717, 1.165) is 64.9 Å². The lowest BCUT2D eigenvalue weighted by atomic mass is 9.77. The van der Waals surface area contributed by atoms with Gasteiger partial charge in [0.15, 0.2) is 0 Å². The van der Waals surface area contributed by atoms with Gasteiger partial charge in [-0.2, -0.15) is 13.2 Å². The minimum absolute atomic E-state index is 0.165. The molecule has 1 aliphatic carbocycles. The molecule has 3 aromatic carbocycles. The summed E-state index contributed by atoms with van der Waals surface area (Å²) < 4.78 is 57.2. The van der Waals surface area contributed by atoms with Crippen molar-refractivity contribution >= 4 is 42.2 Å². The van der Waals surface area contributed by atoms with Gasteiger partial charge in [-0.05, 0) is 85.8 Å². The molecule has 12 heteroatoms. The predicted molar refractivity (Wildman–Crippen MR) is 169 cm³/mol. The normalized spacial score (nSPS) is 16.4. The monoisotopic (exact) mass is 631 g/mol. The molecule has 0 spiro atoms. The number of thiol groups is 1. The zero-order chi connectivity index (χ0) is 32.4. The summed E-state index contributed by atoms with van der Waals surface area (Å²) in [6.45, 7) is 2.54. The number of benzene rings is 3. The van der Waals surface area contributed by atoms with E-state index in [-0.39, 0.29) is 23.4 Å². The van der Waals surface area contributed by atoms with Crippen LogP contribution in [0.5, 0.6) is 0 Å². The van der Waals surface area contributed by atoms with Crippen LogP contribution in [0.4, 0.5) is 23.2 Å². The Bertz CT molecular complexity index is 1540. The van der Waals surface area contributed by atoms with Gasteiger partial charge in [-0.15, -0.1) is 0 Å². The Morgan fingerprint density at radius 1 is 1.07 bits per heavy atom. The van der Waals surface area contributed by atoms with Crippen molar-refractivity contribution in [3.05, 3.63) is 83.4 Å². The first-order chi connectivity index (χ1) is 21.0. The molecule has 2 unspecified atom stereocenters. The molecule has 1 fully saturated rings. The number of hydrogen-bond donors (Lipinski definition) is 4. The molecule has 4 aromatic rings. The number of fused-ring (bicyclic) bond motifs is 1. The summed E-state index contributed by atoms with van der Waals surface area (Å²) >= 11 is 3.54. The molecule has 5 rings (SSSR count). The molecule has 1 aromatic heterocycles. The van der Waals surface area contributed by atoms with E-state index in [1.54, 1.807) is 7.05 Å². The summed E-state index contributed by atoms with van der Waals surface area (Å²) in [6, 6.07) is 16.7. The highest BCUT2D eigenvalue weighted by Crippen LogP contribution is 2.38. The van der Waals surface area contributed by atoms with E-state index in [0.29, 0.717) is 25.5 Å². The third kappa shape index (κ3) is 8.46. The topological polar surface area (TPSA) is 102 Å². The molecule has 0 saturated heterocycles. The maximum atomic E-state index is 14.2. The number of aromatic nitrogens is 2. The van der Waals surface area contributed by atoms with Crippen molar-refractivity contribution in [2.75, 3.05) is 18.9 Å². The van der Waals surface area contributed by atoms with Crippen molar-refractivity contribution in [3.63, 3.8) is 0 Å². The number of rotatable bonds is 6. The molecule has 1 aliphatic rings. The fourth-order valence-electron chi connectivity index (χ4n) is 5.49. The summed E-state index contributed by atoms with van der Waals surface area (Å²) in [5, 5.41) is 2.49. The van der Waals surface area contributed by atoms with Crippen LogP contribution >= 0.6 is 12.8 Å². The van der Waals surface area contributed by atoms with Crippen LogP contribution in [0.2, 0.25) is 0 Å². The lowest BCUT2D eigenvalue weighted by molar-refractivity contribution is -0.137. The van der Waals surface area contributed by atoms with Crippen molar-refractivity contribution in [3.8, 4) is 11.1 Å². The van der Waals surface area contributed by atoms with Crippen molar-refractivity contribution < 1.29 is 27.2 Å². The fraction of sp³-hybridized carbons (Fsp3) is 0.344. The summed E-state index contributed by atoms with van der Waals surface area (Å²) in [6.07, 6.45) is -0.914. The fourth-order valence-corrected chi connectivity index (χ4v) is 5.49. The highest BCUT2D eigenvalue weighted by atomic mass is 32.1. The average Bonchev–Trinajstić information content (AvgIpc) is 3.33. The second-order valence-electron chi connectivity index (χ2n) is 10.4. The molecule has 1 heterocycles. The number of anilines is 1. The van der Waals surface area contributed by atoms with Crippen molar-refractivity contribution in [1.82, 2.24) is 14.3 Å². The van der Waals surface area contributed by atoms with Crippen LogP contribution in [-0.2, 0) is 29.2 Å². The smallest absolute Gasteiger partial charge is 0.331 e. The number of carbonyl (C=O) groups is 2. The van der Waals surface area contributed by atoms with Gasteiger partial charge < -0.3 is 20.4 Å². The number of aryl methyl sites for hydroxylation is 1. The second kappa shape index (κ2) is 15.8. The summed E-state index contributed by atoms with van der Waals surface area (Å²) in [4.78, 5) is 25.6. The standard InChI is InChI=1S/C30H30F4N4O.CH5NS.CH2O/c1-38-27-12-9-21(16-26(27)36-28(38)13-14-35)19-7-5-18(6-8-19)20-3-2-4-22(15-20)29(39)37-25-11-10-23(17-24(25)31)30(32,33)34;1-2-3;1-2/h5-12,16-17,20,22H,2-4,13-15,35H2,1H3,(H,37,39);2-3H,1H3;1H2. The Labute approximate surface area is 259 Å². The zero-order valence-corrected chi connectivity index (χ0v) is 25.5. The molecule has 0 aliphatic heterocycles. The Morgan fingerprint density at radius 3 is 2.34 bits per heavy atom. The highest BCUT2D eigenvalue weighted by Gasteiger charge is 2.32. The molecule has 0 bridgehead atoms. The van der Waals surface area contributed by atoms with Crippen molar-refractivity contribution in [1.29, 1.82) is 0 Å². The largest absolute Gasteiger partial charge is 0.416 e. The molecule has 1 amide bonds. The Balaban J connectivity index is 0.000000997. The van der Waals surface area contributed by atoms with Gasteiger partial charge in [-0.3, -0.25) is 9.52 Å². The van der Waals surface area contributed by atoms with Crippen LogP contribution < -0.4 is 15.8 Å². The van der Waals surface area contributed by atoms with Crippen molar-refractivity contribution in [2.45, 2.75) is 44.2 Å². The predicted octanol–water partition coefficient (Wildman–Crippen LogP) is 6.68. The number of halogens is 4. The first-order valence-electron chi connectivity index (χ1n) is 14.1. The number of alkyl halides is 3. The number of hydrogen-bond acceptors (Lipinski definition) is 6. The van der Waals surface area contributed by atoms with Crippen LogP contribution in [0.15, 0.2) is 60.7 Å². The molecular weight excluding hydrogens is 594 g/mol. The molecule has 7 nitrogen and oxygen atoms in total. The Hall–Kier alpha value is -3.74. The SMILES string of the molecule is C=O.CNS.Cn1c(CCN)nc2cc(-c3ccc(C4CCCC(C(=O)Nc5ccc(C(F)(F)F)cc5F)C4)cc3)ccc21.